The van der Waals surface area contributed by atoms with Gasteiger partial charge in [0.25, 0.3) is 0 Å². The summed E-state index contributed by atoms with van der Waals surface area (Å²) in [6.45, 7) is 2.71. The van der Waals surface area contributed by atoms with E-state index in [1.807, 2.05) is 49.4 Å². The normalized spacial score (nSPS) is 13.7. The highest BCUT2D eigenvalue weighted by Crippen LogP contribution is 2.38. The molecular formula is C27H27N5O4. The highest BCUT2D eigenvalue weighted by atomic mass is 16.5. The average Bonchev–Trinajstić information content (AvgIpc) is 3.52. The lowest BCUT2D eigenvalue weighted by Gasteiger charge is -2.12. The van der Waals surface area contributed by atoms with Crippen LogP contribution < -0.4 is 9.47 Å². The summed E-state index contributed by atoms with van der Waals surface area (Å²) in [5.41, 5.74) is 5.06. The second kappa shape index (κ2) is 10.2. The molecule has 0 unspecified atom stereocenters. The molecule has 2 aromatic carbocycles. The van der Waals surface area contributed by atoms with E-state index in [2.05, 4.69) is 21.6 Å². The molecule has 0 fully saturated rings. The van der Waals surface area contributed by atoms with Crippen LogP contribution in [0.4, 0.5) is 0 Å². The number of nitrogens with zero attached hydrogens (tertiary/aromatic N) is 5. The molecule has 2 heterocycles. The number of aromatic nitrogens is 5. The van der Waals surface area contributed by atoms with Crippen molar-refractivity contribution in [3.8, 4) is 11.5 Å². The Hall–Kier alpha value is -4.27. The molecule has 4 aromatic rings. The minimum absolute atomic E-state index is 0.00555. The number of tetrazole rings is 1. The Labute approximate surface area is 208 Å². The smallest absolute Gasteiger partial charge is 0.339 e. The molecule has 0 atom stereocenters. The Morgan fingerprint density at radius 2 is 1.92 bits per heavy atom. The van der Waals surface area contributed by atoms with Crippen LogP contribution in [0.15, 0.2) is 42.5 Å². The van der Waals surface area contributed by atoms with Gasteiger partial charge in [0, 0.05) is 11.9 Å². The molecule has 0 bridgehead atoms. The van der Waals surface area contributed by atoms with Crippen molar-refractivity contribution in [3.63, 3.8) is 0 Å². The first-order valence-corrected chi connectivity index (χ1v) is 11.9. The van der Waals surface area contributed by atoms with E-state index < -0.39 is 5.97 Å². The standard InChI is InChI=1S/C27H27N5O4/c1-4-13-32-24(29-30-31-32)16-36-27(33)25-19-7-5-6-8-21(19)28-26-18(10-11-20(25)26)14-17-9-12-22(34-2)23(15-17)35-3/h5-9,12,14-15H,4,10-11,13,16H2,1-3H3. The third kappa shape index (κ3) is 4.39. The fourth-order valence-electron chi connectivity index (χ4n) is 4.57. The van der Waals surface area contributed by atoms with E-state index in [1.165, 1.54) is 0 Å². The molecule has 1 aliphatic carbocycles. The quantitative estimate of drug-likeness (QED) is 0.337. The number of fused-ring (bicyclic) bond motifs is 2. The maximum Gasteiger partial charge on any atom is 0.339 e. The van der Waals surface area contributed by atoms with Crippen molar-refractivity contribution in [2.75, 3.05) is 14.2 Å². The topological polar surface area (TPSA) is 101 Å². The number of allylic oxidation sites excluding steroid dienone is 1. The van der Waals surface area contributed by atoms with Gasteiger partial charge in [-0.05, 0) is 70.7 Å². The number of aryl methyl sites for hydroxylation is 1. The van der Waals surface area contributed by atoms with E-state index in [1.54, 1.807) is 18.9 Å². The predicted molar refractivity (Wildman–Crippen MR) is 135 cm³/mol. The first-order valence-electron chi connectivity index (χ1n) is 11.9. The first kappa shape index (κ1) is 23.5. The van der Waals surface area contributed by atoms with Gasteiger partial charge < -0.3 is 14.2 Å². The molecule has 0 aliphatic heterocycles. The van der Waals surface area contributed by atoms with E-state index in [-0.39, 0.29) is 6.61 Å². The Morgan fingerprint density at radius 3 is 2.72 bits per heavy atom. The molecule has 0 radical (unpaired) electrons. The predicted octanol–water partition coefficient (Wildman–Crippen LogP) is 4.49. The van der Waals surface area contributed by atoms with E-state index in [0.717, 1.165) is 46.1 Å². The zero-order valence-electron chi connectivity index (χ0n) is 20.5. The fraction of sp³-hybridized carbons (Fsp3) is 0.296. The Morgan fingerprint density at radius 1 is 1.08 bits per heavy atom. The van der Waals surface area contributed by atoms with Crippen molar-refractivity contribution >= 4 is 28.5 Å². The summed E-state index contributed by atoms with van der Waals surface area (Å²) in [6.07, 6.45) is 4.43. The van der Waals surface area contributed by atoms with Crippen LogP contribution in [0.5, 0.6) is 11.5 Å². The van der Waals surface area contributed by atoms with Crippen LogP contribution in [0.25, 0.3) is 22.6 Å². The third-order valence-corrected chi connectivity index (χ3v) is 6.27. The van der Waals surface area contributed by atoms with E-state index in [0.29, 0.717) is 35.9 Å². The van der Waals surface area contributed by atoms with Gasteiger partial charge in [-0.2, -0.15) is 0 Å². The molecule has 2 aromatic heterocycles. The zero-order valence-corrected chi connectivity index (χ0v) is 20.5. The summed E-state index contributed by atoms with van der Waals surface area (Å²) in [7, 11) is 3.23. The van der Waals surface area contributed by atoms with Crippen LogP contribution in [0, 0.1) is 0 Å². The number of carbonyl (C=O) groups is 1. The van der Waals surface area contributed by atoms with Gasteiger partial charge in [-0.15, -0.1) is 5.10 Å². The monoisotopic (exact) mass is 485 g/mol. The van der Waals surface area contributed by atoms with Crippen molar-refractivity contribution in [2.45, 2.75) is 39.3 Å². The fourth-order valence-corrected chi connectivity index (χ4v) is 4.57. The second-order valence-corrected chi connectivity index (χ2v) is 8.51. The maximum atomic E-state index is 13.4. The molecule has 0 saturated heterocycles. The van der Waals surface area contributed by atoms with Gasteiger partial charge in [0.2, 0.25) is 0 Å². The number of para-hydroxylation sites is 1. The van der Waals surface area contributed by atoms with Crippen LogP contribution >= 0.6 is 0 Å². The summed E-state index contributed by atoms with van der Waals surface area (Å²) in [4.78, 5) is 18.4. The number of hydrogen-bond donors (Lipinski definition) is 0. The first-order chi connectivity index (χ1) is 17.6. The summed E-state index contributed by atoms with van der Waals surface area (Å²) in [5, 5.41) is 12.5. The van der Waals surface area contributed by atoms with Crippen LogP contribution in [-0.4, -0.2) is 45.4 Å². The molecule has 184 valence electrons. The minimum Gasteiger partial charge on any atom is -0.493 e. The lowest BCUT2D eigenvalue weighted by molar-refractivity contribution is 0.0457. The number of ether oxygens (including phenoxy) is 3. The van der Waals surface area contributed by atoms with Gasteiger partial charge in [-0.1, -0.05) is 31.2 Å². The molecule has 36 heavy (non-hydrogen) atoms. The van der Waals surface area contributed by atoms with Crippen LogP contribution in [-0.2, 0) is 24.3 Å². The van der Waals surface area contributed by atoms with Crippen molar-refractivity contribution in [1.82, 2.24) is 25.2 Å². The number of benzene rings is 2. The third-order valence-electron chi connectivity index (χ3n) is 6.27. The van der Waals surface area contributed by atoms with E-state index >= 15 is 0 Å². The van der Waals surface area contributed by atoms with Crippen molar-refractivity contribution in [2.24, 2.45) is 0 Å². The molecule has 9 heteroatoms. The van der Waals surface area contributed by atoms with E-state index in [9.17, 15) is 4.79 Å². The second-order valence-electron chi connectivity index (χ2n) is 8.51. The average molecular weight is 486 g/mol. The molecule has 0 spiro atoms. The number of carbonyl (C=O) groups excluding carboxylic acids is 1. The minimum atomic E-state index is -0.400. The molecule has 5 rings (SSSR count). The largest absolute Gasteiger partial charge is 0.493 e. The molecule has 0 N–H and O–H groups in total. The van der Waals surface area contributed by atoms with E-state index in [4.69, 9.17) is 19.2 Å². The summed E-state index contributed by atoms with van der Waals surface area (Å²) >= 11 is 0. The molecule has 1 aliphatic rings. The van der Waals surface area contributed by atoms with Crippen molar-refractivity contribution < 1.29 is 19.0 Å². The van der Waals surface area contributed by atoms with Crippen LogP contribution in [0.3, 0.4) is 0 Å². The molecule has 0 saturated carbocycles. The number of methoxy groups -OCH3 is 2. The summed E-state index contributed by atoms with van der Waals surface area (Å²) < 4.78 is 18.2. The summed E-state index contributed by atoms with van der Waals surface area (Å²) in [6, 6.07) is 13.4. The Kier molecular flexibility index (Phi) is 6.62. The number of esters is 1. The van der Waals surface area contributed by atoms with Gasteiger partial charge in [-0.25, -0.2) is 14.5 Å². The highest BCUT2D eigenvalue weighted by molar-refractivity contribution is 6.07. The van der Waals surface area contributed by atoms with Crippen molar-refractivity contribution in [1.29, 1.82) is 0 Å². The SMILES string of the molecule is CCCn1nnnc1COC(=O)c1c2c(nc3ccccc13)C(=Cc1ccc(OC)c(OC)c1)CC2. The van der Waals surface area contributed by atoms with Gasteiger partial charge in [-0.3, -0.25) is 0 Å². The van der Waals surface area contributed by atoms with Gasteiger partial charge in [0.15, 0.2) is 23.9 Å². The molecular weight excluding hydrogens is 458 g/mol. The Balaban J connectivity index is 1.51. The summed E-state index contributed by atoms with van der Waals surface area (Å²) in [5.74, 6) is 1.45. The highest BCUT2D eigenvalue weighted by Gasteiger charge is 2.28. The lowest BCUT2D eigenvalue weighted by Crippen LogP contribution is -2.13. The van der Waals surface area contributed by atoms with Crippen LogP contribution in [0.2, 0.25) is 0 Å². The van der Waals surface area contributed by atoms with Gasteiger partial charge in [0.05, 0.1) is 31.0 Å². The van der Waals surface area contributed by atoms with Crippen LogP contribution in [0.1, 0.15) is 52.8 Å². The van der Waals surface area contributed by atoms with Gasteiger partial charge >= 0.3 is 5.97 Å². The number of pyridine rings is 1. The molecule has 9 nitrogen and oxygen atoms in total. The van der Waals surface area contributed by atoms with Crippen molar-refractivity contribution in [3.05, 3.63) is 70.7 Å². The van der Waals surface area contributed by atoms with Gasteiger partial charge in [0.1, 0.15) is 0 Å². The molecule has 0 amide bonds. The zero-order chi connectivity index (χ0) is 25.1. The lowest BCUT2D eigenvalue weighted by atomic mass is 10.0. The number of hydrogen-bond acceptors (Lipinski definition) is 8. The Bertz CT molecular complexity index is 1460. The number of rotatable bonds is 8. The maximum absolute atomic E-state index is 13.4.